The molecule has 7 nitrogen and oxygen atoms in total. The average molecular weight is 297 g/mol. The number of nitrogens with zero attached hydrogens (tertiary/aromatic N) is 3. The number of rotatable bonds is 10. The molecule has 0 aromatic carbocycles. The molecule has 21 heavy (non-hydrogen) atoms. The van der Waals surface area contributed by atoms with Gasteiger partial charge in [0.1, 0.15) is 0 Å². The summed E-state index contributed by atoms with van der Waals surface area (Å²) < 4.78 is 5.48. The van der Waals surface area contributed by atoms with Crippen molar-refractivity contribution in [3.63, 3.8) is 0 Å². The van der Waals surface area contributed by atoms with Gasteiger partial charge in [0.05, 0.1) is 6.61 Å². The SMILES string of the molecule is CCCNc1nc(NCC(C)(C)CO)nc(OCCC)n1. The molecule has 0 amide bonds. The molecule has 7 heteroatoms. The molecule has 0 saturated carbocycles. The Hall–Kier alpha value is -1.63. The van der Waals surface area contributed by atoms with E-state index < -0.39 is 0 Å². The molecule has 1 aromatic rings. The van der Waals surface area contributed by atoms with Gasteiger partial charge in [-0.2, -0.15) is 15.0 Å². The third kappa shape index (κ3) is 6.57. The van der Waals surface area contributed by atoms with Gasteiger partial charge in [-0.1, -0.05) is 27.7 Å². The molecule has 0 atom stereocenters. The molecule has 120 valence electrons. The van der Waals surface area contributed by atoms with Crippen molar-refractivity contribution in [1.82, 2.24) is 15.0 Å². The van der Waals surface area contributed by atoms with Crippen molar-refractivity contribution in [1.29, 1.82) is 0 Å². The van der Waals surface area contributed by atoms with Gasteiger partial charge in [-0.3, -0.25) is 0 Å². The number of aliphatic hydroxyl groups excluding tert-OH is 1. The number of nitrogens with one attached hydrogen (secondary N) is 2. The highest BCUT2D eigenvalue weighted by molar-refractivity contribution is 5.36. The van der Waals surface area contributed by atoms with Crippen molar-refractivity contribution in [3.05, 3.63) is 0 Å². The summed E-state index contributed by atoms with van der Waals surface area (Å²) in [6, 6.07) is 0.315. The zero-order valence-corrected chi connectivity index (χ0v) is 13.4. The predicted molar refractivity (Wildman–Crippen MR) is 83.8 cm³/mol. The highest BCUT2D eigenvalue weighted by Crippen LogP contribution is 2.16. The molecule has 1 heterocycles. The molecule has 0 aliphatic rings. The molecule has 1 rings (SSSR count). The Balaban J connectivity index is 2.79. The second-order valence-electron chi connectivity index (χ2n) is 5.72. The summed E-state index contributed by atoms with van der Waals surface area (Å²) in [6.45, 7) is 10.0. The van der Waals surface area contributed by atoms with Gasteiger partial charge in [-0.15, -0.1) is 0 Å². The summed E-state index contributed by atoms with van der Waals surface area (Å²) in [4.78, 5) is 12.8. The van der Waals surface area contributed by atoms with Crippen LogP contribution in [0, 0.1) is 5.41 Å². The minimum absolute atomic E-state index is 0.0885. The first-order valence-electron chi connectivity index (χ1n) is 7.48. The molecule has 0 spiro atoms. The van der Waals surface area contributed by atoms with Crippen LogP contribution < -0.4 is 15.4 Å². The molecule has 0 bridgehead atoms. The third-order valence-corrected chi connectivity index (χ3v) is 2.74. The van der Waals surface area contributed by atoms with Crippen LogP contribution in [0.2, 0.25) is 0 Å². The number of hydrogen-bond donors (Lipinski definition) is 3. The first-order valence-corrected chi connectivity index (χ1v) is 7.48. The van der Waals surface area contributed by atoms with Crippen LogP contribution in [-0.4, -0.2) is 46.4 Å². The molecule has 0 saturated heterocycles. The van der Waals surface area contributed by atoms with Crippen LogP contribution in [0.4, 0.5) is 11.9 Å². The van der Waals surface area contributed by atoms with Crippen LogP contribution >= 0.6 is 0 Å². The molecular formula is C14H27N5O2. The third-order valence-electron chi connectivity index (χ3n) is 2.74. The summed E-state index contributed by atoms with van der Waals surface area (Å²) >= 11 is 0. The van der Waals surface area contributed by atoms with Crippen LogP contribution in [0.25, 0.3) is 0 Å². The lowest BCUT2D eigenvalue weighted by atomic mass is 9.95. The number of hydrogen-bond acceptors (Lipinski definition) is 7. The van der Waals surface area contributed by atoms with Gasteiger partial charge in [0.15, 0.2) is 0 Å². The van der Waals surface area contributed by atoms with Crippen molar-refractivity contribution in [2.45, 2.75) is 40.5 Å². The van der Waals surface area contributed by atoms with Gasteiger partial charge in [-0.05, 0) is 12.8 Å². The summed E-state index contributed by atoms with van der Waals surface area (Å²) in [5, 5.41) is 15.5. The fourth-order valence-electron chi connectivity index (χ4n) is 1.38. The monoisotopic (exact) mass is 297 g/mol. The number of aliphatic hydroxyl groups is 1. The molecule has 0 unspecified atom stereocenters. The van der Waals surface area contributed by atoms with E-state index in [-0.39, 0.29) is 12.0 Å². The highest BCUT2D eigenvalue weighted by Gasteiger charge is 2.17. The van der Waals surface area contributed by atoms with E-state index in [1.807, 2.05) is 20.8 Å². The smallest absolute Gasteiger partial charge is 0.323 e. The minimum atomic E-state index is -0.242. The molecule has 0 aliphatic carbocycles. The van der Waals surface area contributed by atoms with Gasteiger partial charge in [-0.25, -0.2) is 0 Å². The van der Waals surface area contributed by atoms with Crippen LogP contribution in [0.3, 0.4) is 0 Å². The van der Waals surface area contributed by atoms with Crippen molar-refractivity contribution >= 4 is 11.9 Å². The second-order valence-corrected chi connectivity index (χ2v) is 5.72. The highest BCUT2D eigenvalue weighted by atomic mass is 16.5. The Bertz CT molecular complexity index is 400. The Morgan fingerprint density at radius 1 is 1.05 bits per heavy atom. The van der Waals surface area contributed by atoms with E-state index in [0.717, 1.165) is 19.4 Å². The van der Waals surface area contributed by atoms with E-state index in [9.17, 15) is 5.11 Å². The Kier molecular flexibility index (Phi) is 7.14. The van der Waals surface area contributed by atoms with E-state index in [2.05, 4.69) is 32.5 Å². The van der Waals surface area contributed by atoms with Gasteiger partial charge < -0.3 is 20.5 Å². The first kappa shape index (κ1) is 17.4. The van der Waals surface area contributed by atoms with E-state index in [0.29, 0.717) is 31.1 Å². The maximum absolute atomic E-state index is 9.28. The summed E-state index contributed by atoms with van der Waals surface area (Å²) in [6.07, 6.45) is 1.88. The molecular weight excluding hydrogens is 270 g/mol. The molecule has 0 aliphatic heterocycles. The van der Waals surface area contributed by atoms with Gasteiger partial charge >= 0.3 is 6.01 Å². The molecule has 1 aromatic heterocycles. The average Bonchev–Trinajstić information content (AvgIpc) is 2.49. The second kappa shape index (κ2) is 8.61. The largest absolute Gasteiger partial charge is 0.463 e. The lowest BCUT2D eigenvalue weighted by molar-refractivity contribution is 0.170. The summed E-state index contributed by atoms with van der Waals surface area (Å²) in [5.74, 6) is 0.957. The minimum Gasteiger partial charge on any atom is -0.463 e. The number of anilines is 2. The number of aromatic nitrogens is 3. The van der Waals surface area contributed by atoms with Crippen molar-refractivity contribution in [2.24, 2.45) is 5.41 Å². The Morgan fingerprint density at radius 2 is 1.71 bits per heavy atom. The van der Waals surface area contributed by atoms with Crippen LogP contribution in [0.1, 0.15) is 40.5 Å². The standard InChI is InChI=1S/C14H27N5O2/c1-5-7-15-11-17-12(16-9-14(3,4)10-20)19-13(18-11)21-8-6-2/h20H,5-10H2,1-4H3,(H2,15,16,17,18,19). The van der Waals surface area contributed by atoms with E-state index in [4.69, 9.17) is 4.74 Å². The summed E-state index contributed by atoms with van der Waals surface area (Å²) in [7, 11) is 0. The van der Waals surface area contributed by atoms with Gasteiger partial charge in [0, 0.05) is 25.1 Å². The fraction of sp³-hybridized carbons (Fsp3) is 0.786. The number of ether oxygens (including phenoxy) is 1. The van der Waals surface area contributed by atoms with Crippen LogP contribution in [-0.2, 0) is 0 Å². The quantitative estimate of drug-likeness (QED) is 0.607. The van der Waals surface area contributed by atoms with E-state index in [1.165, 1.54) is 0 Å². The van der Waals surface area contributed by atoms with Gasteiger partial charge in [0.25, 0.3) is 0 Å². The van der Waals surface area contributed by atoms with Crippen LogP contribution in [0.15, 0.2) is 0 Å². The Morgan fingerprint density at radius 3 is 2.29 bits per heavy atom. The molecule has 0 fully saturated rings. The zero-order valence-electron chi connectivity index (χ0n) is 13.4. The molecule has 3 N–H and O–H groups in total. The van der Waals surface area contributed by atoms with Crippen molar-refractivity contribution < 1.29 is 9.84 Å². The van der Waals surface area contributed by atoms with E-state index >= 15 is 0 Å². The maximum Gasteiger partial charge on any atom is 0.323 e. The fourth-order valence-corrected chi connectivity index (χ4v) is 1.38. The normalized spacial score (nSPS) is 11.3. The zero-order chi connectivity index (χ0) is 15.7. The Labute approximate surface area is 126 Å². The van der Waals surface area contributed by atoms with Crippen molar-refractivity contribution in [3.8, 4) is 6.01 Å². The predicted octanol–water partition coefficient (Wildman–Crippen LogP) is 1.91. The first-order chi connectivity index (χ1) is 10.0. The maximum atomic E-state index is 9.28. The summed E-state index contributed by atoms with van der Waals surface area (Å²) in [5.41, 5.74) is -0.242. The molecule has 0 radical (unpaired) electrons. The van der Waals surface area contributed by atoms with E-state index in [1.54, 1.807) is 0 Å². The van der Waals surface area contributed by atoms with Crippen LogP contribution in [0.5, 0.6) is 6.01 Å². The lowest BCUT2D eigenvalue weighted by Gasteiger charge is -2.22. The lowest BCUT2D eigenvalue weighted by Crippen LogP contribution is -2.27. The van der Waals surface area contributed by atoms with Gasteiger partial charge in [0.2, 0.25) is 11.9 Å². The topological polar surface area (TPSA) is 92.2 Å². The van der Waals surface area contributed by atoms with Crippen molar-refractivity contribution in [2.75, 3.05) is 36.9 Å².